The fourth-order valence-corrected chi connectivity index (χ4v) is 2.81. The Morgan fingerprint density at radius 2 is 2.11 bits per heavy atom. The SMILES string of the molecule is CC(N)c1cc(F)ccc1N1CCCC(C)(C)C1. The van der Waals surface area contributed by atoms with Gasteiger partial charge in [0.1, 0.15) is 5.82 Å². The zero-order valence-electron chi connectivity index (χ0n) is 11.5. The first-order valence-corrected chi connectivity index (χ1v) is 6.69. The van der Waals surface area contributed by atoms with Crippen molar-refractivity contribution in [2.75, 3.05) is 18.0 Å². The van der Waals surface area contributed by atoms with Crippen LogP contribution >= 0.6 is 0 Å². The quantitative estimate of drug-likeness (QED) is 0.870. The standard InChI is InChI=1S/C15H23FN2/c1-11(17)13-9-12(16)5-6-14(13)18-8-4-7-15(2,3)10-18/h5-6,9,11H,4,7-8,10,17H2,1-3H3. The van der Waals surface area contributed by atoms with Crippen LogP contribution in [0.1, 0.15) is 45.2 Å². The van der Waals surface area contributed by atoms with E-state index in [1.807, 2.05) is 13.0 Å². The highest BCUT2D eigenvalue weighted by molar-refractivity contribution is 5.55. The largest absolute Gasteiger partial charge is 0.371 e. The van der Waals surface area contributed by atoms with Gasteiger partial charge in [-0.15, -0.1) is 0 Å². The van der Waals surface area contributed by atoms with Crippen LogP contribution in [0.5, 0.6) is 0 Å². The number of rotatable bonds is 2. The average molecular weight is 250 g/mol. The van der Waals surface area contributed by atoms with Crippen molar-refractivity contribution in [1.82, 2.24) is 0 Å². The van der Waals surface area contributed by atoms with Crippen molar-refractivity contribution in [2.24, 2.45) is 11.1 Å². The van der Waals surface area contributed by atoms with E-state index in [2.05, 4.69) is 18.7 Å². The number of halogens is 1. The highest BCUT2D eigenvalue weighted by atomic mass is 19.1. The zero-order chi connectivity index (χ0) is 13.3. The molecule has 1 aliphatic heterocycles. The van der Waals surface area contributed by atoms with E-state index < -0.39 is 0 Å². The van der Waals surface area contributed by atoms with E-state index in [1.54, 1.807) is 6.07 Å². The summed E-state index contributed by atoms with van der Waals surface area (Å²) in [6.45, 7) is 8.53. The van der Waals surface area contributed by atoms with Crippen LogP contribution < -0.4 is 10.6 Å². The van der Waals surface area contributed by atoms with Gasteiger partial charge in [-0.05, 0) is 48.9 Å². The number of nitrogens with zero attached hydrogens (tertiary/aromatic N) is 1. The summed E-state index contributed by atoms with van der Waals surface area (Å²) in [6.07, 6.45) is 2.43. The molecule has 1 aromatic carbocycles. The molecule has 2 rings (SSSR count). The van der Waals surface area contributed by atoms with E-state index >= 15 is 0 Å². The van der Waals surface area contributed by atoms with E-state index in [4.69, 9.17) is 5.73 Å². The summed E-state index contributed by atoms with van der Waals surface area (Å²) in [7, 11) is 0. The molecule has 2 N–H and O–H groups in total. The molecule has 1 unspecified atom stereocenters. The lowest BCUT2D eigenvalue weighted by atomic mass is 9.83. The fraction of sp³-hybridized carbons (Fsp3) is 0.600. The minimum Gasteiger partial charge on any atom is -0.371 e. The normalized spacial score (nSPS) is 20.8. The molecule has 1 aromatic rings. The lowest BCUT2D eigenvalue weighted by Gasteiger charge is -2.40. The van der Waals surface area contributed by atoms with Gasteiger partial charge in [-0.25, -0.2) is 4.39 Å². The van der Waals surface area contributed by atoms with Crippen molar-refractivity contribution < 1.29 is 4.39 Å². The highest BCUT2D eigenvalue weighted by Gasteiger charge is 2.27. The van der Waals surface area contributed by atoms with Gasteiger partial charge in [-0.2, -0.15) is 0 Å². The summed E-state index contributed by atoms with van der Waals surface area (Å²) in [5, 5.41) is 0. The Morgan fingerprint density at radius 3 is 2.72 bits per heavy atom. The summed E-state index contributed by atoms with van der Waals surface area (Å²) in [6, 6.07) is 4.83. The van der Waals surface area contributed by atoms with Crippen LogP contribution in [0.25, 0.3) is 0 Å². The molecule has 2 nitrogen and oxygen atoms in total. The summed E-state index contributed by atoms with van der Waals surface area (Å²) in [4.78, 5) is 2.35. The Kier molecular flexibility index (Phi) is 3.62. The molecule has 1 saturated heterocycles. The van der Waals surface area contributed by atoms with Crippen molar-refractivity contribution in [3.63, 3.8) is 0 Å². The molecular formula is C15H23FN2. The molecule has 0 bridgehead atoms. The van der Waals surface area contributed by atoms with Crippen molar-refractivity contribution in [3.8, 4) is 0 Å². The van der Waals surface area contributed by atoms with E-state index in [1.165, 1.54) is 18.9 Å². The molecular weight excluding hydrogens is 227 g/mol. The molecule has 1 heterocycles. The second-order valence-corrected chi connectivity index (χ2v) is 6.18. The van der Waals surface area contributed by atoms with Crippen LogP contribution in [0.4, 0.5) is 10.1 Å². The zero-order valence-corrected chi connectivity index (χ0v) is 11.5. The first-order valence-electron chi connectivity index (χ1n) is 6.69. The van der Waals surface area contributed by atoms with Gasteiger partial charge in [0.2, 0.25) is 0 Å². The Hall–Kier alpha value is -1.09. The highest BCUT2D eigenvalue weighted by Crippen LogP contribution is 2.34. The lowest BCUT2D eigenvalue weighted by Crippen LogP contribution is -2.40. The van der Waals surface area contributed by atoms with Crippen molar-refractivity contribution in [3.05, 3.63) is 29.6 Å². The van der Waals surface area contributed by atoms with Crippen molar-refractivity contribution >= 4 is 5.69 Å². The molecule has 0 aliphatic carbocycles. The van der Waals surface area contributed by atoms with Crippen LogP contribution in [0, 0.1) is 11.2 Å². The van der Waals surface area contributed by atoms with Gasteiger partial charge in [0.15, 0.2) is 0 Å². The molecule has 1 aliphatic rings. The molecule has 1 fully saturated rings. The Labute approximate surface area is 109 Å². The number of hydrogen-bond donors (Lipinski definition) is 1. The molecule has 0 aromatic heterocycles. The Morgan fingerprint density at radius 1 is 1.39 bits per heavy atom. The van der Waals surface area contributed by atoms with E-state index in [-0.39, 0.29) is 11.9 Å². The Bertz CT molecular complexity index is 427. The second kappa shape index (κ2) is 4.88. The van der Waals surface area contributed by atoms with Gasteiger partial charge < -0.3 is 10.6 Å². The Balaban J connectivity index is 2.32. The van der Waals surface area contributed by atoms with Crippen molar-refractivity contribution in [2.45, 2.75) is 39.7 Å². The molecule has 3 heteroatoms. The minimum atomic E-state index is -0.206. The van der Waals surface area contributed by atoms with Gasteiger partial charge in [-0.3, -0.25) is 0 Å². The summed E-state index contributed by atoms with van der Waals surface area (Å²) < 4.78 is 13.4. The minimum absolute atomic E-state index is 0.138. The lowest BCUT2D eigenvalue weighted by molar-refractivity contribution is 0.292. The third kappa shape index (κ3) is 2.83. The fourth-order valence-electron chi connectivity index (χ4n) is 2.81. The molecule has 1 atom stereocenters. The maximum absolute atomic E-state index is 13.4. The summed E-state index contributed by atoms with van der Waals surface area (Å²) in [5.74, 6) is -0.206. The number of benzene rings is 1. The monoisotopic (exact) mass is 250 g/mol. The van der Waals surface area contributed by atoms with E-state index in [0.29, 0.717) is 5.41 Å². The number of hydrogen-bond acceptors (Lipinski definition) is 2. The van der Waals surface area contributed by atoms with Crippen LogP contribution in [0.3, 0.4) is 0 Å². The van der Waals surface area contributed by atoms with Gasteiger partial charge in [0.05, 0.1) is 0 Å². The molecule has 0 radical (unpaired) electrons. The van der Waals surface area contributed by atoms with E-state index in [0.717, 1.165) is 24.3 Å². The van der Waals surface area contributed by atoms with Crippen LogP contribution in [0.2, 0.25) is 0 Å². The number of piperidine rings is 1. The van der Waals surface area contributed by atoms with Crippen LogP contribution in [0.15, 0.2) is 18.2 Å². The predicted octanol–water partition coefficient (Wildman–Crippen LogP) is 3.47. The van der Waals surface area contributed by atoms with E-state index in [9.17, 15) is 4.39 Å². The average Bonchev–Trinajstić information content (AvgIpc) is 2.27. The third-order valence-corrected chi connectivity index (χ3v) is 3.72. The summed E-state index contributed by atoms with van der Waals surface area (Å²) >= 11 is 0. The van der Waals surface area contributed by atoms with Gasteiger partial charge in [0, 0.05) is 24.8 Å². The molecule has 100 valence electrons. The van der Waals surface area contributed by atoms with Crippen LogP contribution in [-0.2, 0) is 0 Å². The molecule has 0 saturated carbocycles. The number of nitrogens with two attached hydrogens (primary N) is 1. The molecule has 0 spiro atoms. The second-order valence-electron chi connectivity index (χ2n) is 6.18. The van der Waals surface area contributed by atoms with Gasteiger partial charge >= 0.3 is 0 Å². The summed E-state index contributed by atoms with van der Waals surface area (Å²) in [5.41, 5.74) is 8.29. The molecule has 0 amide bonds. The first kappa shape index (κ1) is 13.3. The third-order valence-electron chi connectivity index (χ3n) is 3.72. The smallest absolute Gasteiger partial charge is 0.123 e. The first-order chi connectivity index (χ1) is 8.39. The number of anilines is 1. The van der Waals surface area contributed by atoms with Crippen molar-refractivity contribution in [1.29, 1.82) is 0 Å². The van der Waals surface area contributed by atoms with Gasteiger partial charge in [0.25, 0.3) is 0 Å². The maximum atomic E-state index is 13.4. The predicted molar refractivity (Wildman–Crippen MR) is 74.2 cm³/mol. The van der Waals surface area contributed by atoms with Crippen LogP contribution in [-0.4, -0.2) is 13.1 Å². The van der Waals surface area contributed by atoms with Gasteiger partial charge in [-0.1, -0.05) is 13.8 Å². The maximum Gasteiger partial charge on any atom is 0.123 e. The topological polar surface area (TPSA) is 29.3 Å². The molecule has 18 heavy (non-hydrogen) atoms.